The summed E-state index contributed by atoms with van der Waals surface area (Å²) in [6.45, 7) is 9.87. The Morgan fingerprint density at radius 2 is 1.69 bits per heavy atom. The van der Waals surface area contributed by atoms with Gasteiger partial charge in [-0.25, -0.2) is 9.37 Å². The number of hydrogen-bond donors (Lipinski definition) is 1. The van der Waals surface area contributed by atoms with Crippen LogP contribution < -0.4 is 5.73 Å². The largest absolute Gasteiger partial charge is 0.463 e. The van der Waals surface area contributed by atoms with Gasteiger partial charge in [0.1, 0.15) is 11.5 Å². The second-order valence-corrected chi connectivity index (χ2v) is 7.46. The molecule has 4 nitrogen and oxygen atoms in total. The zero-order valence-corrected chi connectivity index (χ0v) is 21.0. The highest BCUT2D eigenvalue weighted by Gasteiger charge is 2.11. The summed E-state index contributed by atoms with van der Waals surface area (Å²) in [5.74, 6) is 0.163. The molecule has 0 bridgehead atoms. The van der Waals surface area contributed by atoms with Crippen LogP contribution >= 0.6 is 0 Å². The summed E-state index contributed by atoms with van der Waals surface area (Å²) >= 11 is 0. The van der Waals surface area contributed by atoms with Crippen LogP contribution in [0.25, 0.3) is 28.2 Å². The first kappa shape index (κ1) is 27.3. The molecule has 4 rings (SSSR count). The number of halogens is 1. The third kappa shape index (κ3) is 7.51. The SMILES string of the molecule is C/C=C(\CC)c1cc(-c2ccc(C(N)=O)cc2)cc(-c2ccco2)n1.CC.Cc1ccccc1F. The number of allylic oxidation sites excluding steroid dienone is 2. The third-order valence-electron chi connectivity index (χ3n) is 5.24. The van der Waals surface area contributed by atoms with Crippen LogP contribution in [0.3, 0.4) is 0 Å². The maximum atomic E-state index is 12.3. The van der Waals surface area contributed by atoms with Crippen molar-refractivity contribution in [2.75, 3.05) is 0 Å². The number of primary amides is 1. The molecule has 4 aromatic rings. The molecule has 0 radical (unpaired) electrons. The van der Waals surface area contributed by atoms with Crippen LogP contribution in [0.2, 0.25) is 0 Å². The Balaban J connectivity index is 0.000000363. The van der Waals surface area contributed by atoms with Crippen molar-refractivity contribution in [2.24, 2.45) is 5.73 Å². The molecule has 5 heteroatoms. The van der Waals surface area contributed by atoms with Crippen molar-refractivity contribution in [3.63, 3.8) is 0 Å². The second-order valence-electron chi connectivity index (χ2n) is 7.46. The van der Waals surface area contributed by atoms with Crippen LogP contribution in [0.15, 0.2) is 89.6 Å². The van der Waals surface area contributed by atoms with Crippen LogP contribution in [0.1, 0.15) is 55.7 Å². The van der Waals surface area contributed by atoms with Crippen LogP contribution in [0, 0.1) is 12.7 Å². The summed E-state index contributed by atoms with van der Waals surface area (Å²) in [4.78, 5) is 16.0. The molecule has 0 fully saturated rings. The van der Waals surface area contributed by atoms with E-state index in [-0.39, 0.29) is 5.82 Å². The number of nitrogens with zero attached hydrogens (tertiary/aromatic N) is 1. The first-order valence-corrected chi connectivity index (χ1v) is 11.8. The standard InChI is InChI=1S/C21H20N2O2.C7H7F.C2H6/c1-3-14(4-2)18-12-17(13-19(23-18)20-6-5-11-25-20)15-7-9-16(10-8-15)21(22)24;1-6-4-2-3-5-7(6)8;1-2/h3,5-13H,4H2,1-2H3,(H2,22,24);2-5H,1H3;1-2H3/b14-3+;;. The molecule has 0 unspecified atom stereocenters. The Hall–Kier alpha value is -3.99. The Bertz CT molecular complexity index is 1220. The predicted molar refractivity (Wildman–Crippen MR) is 142 cm³/mol. The lowest BCUT2D eigenvalue weighted by Crippen LogP contribution is -2.10. The van der Waals surface area contributed by atoms with E-state index in [1.807, 2.05) is 57.2 Å². The van der Waals surface area contributed by atoms with Gasteiger partial charge in [0.25, 0.3) is 0 Å². The van der Waals surface area contributed by atoms with Gasteiger partial charge in [-0.15, -0.1) is 0 Å². The molecule has 0 saturated heterocycles. The molecule has 1 amide bonds. The molecule has 0 spiro atoms. The number of furan rings is 1. The Morgan fingerprint density at radius 1 is 1.00 bits per heavy atom. The van der Waals surface area contributed by atoms with E-state index in [1.54, 1.807) is 37.5 Å². The first-order chi connectivity index (χ1) is 16.9. The van der Waals surface area contributed by atoms with Crippen molar-refractivity contribution in [1.82, 2.24) is 4.98 Å². The summed E-state index contributed by atoms with van der Waals surface area (Å²) in [6.07, 6.45) is 4.61. The number of rotatable bonds is 5. The molecule has 0 aliphatic rings. The van der Waals surface area contributed by atoms with Gasteiger partial charge in [0.2, 0.25) is 5.91 Å². The Morgan fingerprint density at radius 3 is 2.17 bits per heavy atom. The summed E-state index contributed by atoms with van der Waals surface area (Å²) in [7, 11) is 0. The van der Waals surface area contributed by atoms with E-state index in [2.05, 4.69) is 19.1 Å². The van der Waals surface area contributed by atoms with Gasteiger partial charge in [0.05, 0.1) is 12.0 Å². The molecule has 0 atom stereocenters. The highest BCUT2D eigenvalue weighted by atomic mass is 19.1. The minimum Gasteiger partial charge on any atom is -0.463 e. The highest BCUT2D eigenvalue weighted by Crippen LogP contribution is 2.29. The zero-order chi connectivity index (χ0) is 25.8. The summed E-state index contributed by atoms with van der Waals surface area (Å²) in [5, 5.41) is 0. The number of nitrogens with two attached hydrogens (primary N) is 1. The molecule has 35 heavy (non-hydrogen) atoms. The van der Waals surface area contributed by atoms with Crippen LogP contribution in [-0.4, -0.2) is 10.9 Å². The van der Waals surface area contributed by atoms with E-state index in [1.165, 1.54) is 11.6 Å². The molecule has 2 aromatic heterocycles. The normalized spacial score (nSPS) is 10.5. The summed E-state index contributed by atoms with van der Waals surface area (Å²) in [6, 6.07) is 21.8. The van der Waals surface area contributed by atoms with E-state index >= 15 is 0 Å². The van der Waals surface area contributed by atoms with Gasteiger partial charge in [0, 0.05) is 5.56 Å². The number of benzene rings is 2. The molecule has 2 heterocycles. The van der Waals surface area contributed by atoms with Crippen LogP contribution in [0.4, 0.5) is 4.39 Å². The van der Waals surface area contributed by atoms with Crippen LogP contribution in [0.5, 0.6) is 0 Å². The number of carbonyl (C=O) groups is 1. The third-order valence-corrected chi connectivity index (χ3v) is 5.24. The Kier molecular flexibility index (Phi) is 10.6. The van der Waals surface area contributed by atoms with E-state index in [4.69, 9.17) is 15.1 Å². The fraction of sp³-hybridized carbons (Fsp3) is 0.200. The van der Waals surface area contributed by atoms with Gasteiger partial charge in [-0.1, -0.05) is 57.2 Å². The number of carbonyl (C=O) groups excluding carboxylic acids is 1. The Labute approximate surface area is 207 Å². The topological polar surface area (TPSA) is 69.1 Å². The fourth-order valence-electron chi connectivity index (χ4n) is 3.32. The van der Waals surface area contributed by atoms with Crippen molar-refractivity contribution < 1.29 is 13.6 Å². The number of aryl methyl sites for hydroxylation is 1. The minimum atomic E-state index is -0.430. The van der Waals surface area contributed by atoms with Crippen molar-refractivity contribution >= 4 is 11.5 Å². The maximum Gasteiger partial charge on any atom is 0.248 e. The molecular weight excluding hydrogens is 439 g/mol. The minimum absolute atomic E-state index is 0.132. The molecule has 2 aromatic carbocycles. The lowest BCUT2D eigenvalue weighted by atomic mass is 9.99. The van der Waals surface area contributed by atoms with E-state index in [0.29, 0.717) is 11.1 Å². The van der Waals surface area contributed by atoms with Gasteiger partial charge in [-0.3, -0.25) is 4.79 Å². The van der Waals surface area contributed by atoms with Gasteiger partial charge in [0.15, 0.2) is 5.76 Å². The zero-order valence-electron chi connectivity index (χ0n) is 21.0. The van der Waals surface area contributed by atoms with Gasteiger partial charge < -0.3 is 10.2 Å². The summed E-state index contributed by atoms with van der Waals surface area (Å²) in [5.41, 5.74) is 11.4. The quantitative estimate of drug-likeness (QED) is 0.319. The first-order valence-electron chi connectivity index (χ1n) is 11.8. The van der Waals surface area contributed by atoms with Crippen molar-refractivity contribution in [2.45, 2.75) is 41.0 Å². The smallest absolute Gasteiger partial charge is 0.248 e. The number of hydrogen-bond acceptors (Lipinski definition) is 3. The van der Waals surface area contributed by atoms with Gasteiger partial charge in [-0.2, -0.15) is 0 Å². The molecule has 0 aliphatic heterocycles. The van der Waals surface area contributed by atoms with Gasteiger partial charge in [-0.05, 0) is 85.0 Å². The fourth-order valence-corrected chi connectivity index (χ4v) is 3.32. The van der Waals surface area contributed by atoms with E-state index in [9.17, 15) is 9.18 Å². The van der Waals surface area contributed by atoms with Crippen molar-refractivity contribution in [1.29, 1.82) is 0 Å². The average Bonchev–Trinajstić information content (AvgIpc) is 3.43. The molecular formula is C30H33FN2O2. The summed E-state index contributed by atoms with van der Waals surface area (Å²) < 4.78 is 17.8. The van der Waals surface area contributed by atoms with E-state index in [0.717, 1.165) is 34.7 Å². The molecule has 0 saturated carbocycles. The predicted octanol–water partition coefficient (Wildman–Crippen LogP) is 8.08. The average molecular weight is 473 g/mol. The van der Waals surface area contributed by atoms with Crippen LogP contribution in [-0.2, 0) is 0 Å². The number of pyridine rings is 1. The highest BCUT2D eigenvalue weighted by molar-refractivity contribution is 5.93. The van der Waals surface area contributed by atoms with E-state index < -0.39 is 5.91 Å². The number of amides is 1. The number of aromatic nitrogens is 1. The lowest BCUT2D eigenvalue weighted by molar-refractivity contribution is 0.100. The molecule has 2 N–H and O–H groups in total. The second kappa shape index (κ2) is 13.7. The van der Waals surface area contributed by atoms with Crippen molar-refractivity contribution in [3.05, 3.63) is 108 Å². The van der Waals surface area contributed by atoms with Gasteiger partial charge >= 0.3 is 0 Å². The monoisotopic (exact) mass is 472 g/mol. The lowest BCUT2D eigenvalue weighted by Gasteiger charge is -2.10. The molecule has 0 aliphatic carbocycles. The molecule has 182 valence electrons. The maximum absolute atomic E-state index is 12.3. The van der Waals surface area contributed by atoms with Crippen molar-refractivity contribution in [3.8, 4) is 22.6 Å².